The van der Waals surface area contributed by atoms with Crippen molar-refractivity contribution in [2.45, 2.75) is 32.7 Å². The highest BCUT2D eigenvalue weighted by Gasteiger charge is 2.27. The molecule has 8 heteroatoms. The molecule has 0 unspecified atom stereocenters. The minimum absolute atomic E-state index is 0.0316. The lowest BCUT2D eigenvalue weighted by atomic mass is 9.96. The summed E-state index contributed by atoms with van der Waals surface area (Å²) < 4.78 is 4.56. The lowest BCUT2D eigenvalue weighted by Gasteiger charge is -2.32. The molecule has 172 valence electrons. The molecule has 0 aliphatic carbocycles. The molecule has 2 heterocycles. The maximum atomic E-state index is 13.1. The Labute approximate surface area is 198 Å². The zero-order valence-corrected chi connectivity index (χ0v) is 19.6. The number of anilines is 1. The van der Waals surface area contributed by atoms with E-state index < -0.39 is 0 Å². The van der Waals surface area contributed by atoms with Crippen LogP contribution in [0, 0.1) is 12.8 Å². The molecule has 0 bridgehead atoms. The number of piperidine rings is 1. The van der Waals surface area contributed by atoms with Crippen molar-refractivity contribution in [3.05, 3.63) is 77.1 Å². The summed E-state index contributed by atoms with van der Waals surface area (Å²) in [6, 6.07) is 18.4. The molecule has 0 spiro atoms. The first-order valence-corrected chi connectivity index (χ1v) is 12.0. The molecule has 2 aromatic carbocycles. The lowest BCUT2D eigenvalue weighted by Crippen LogP contribution is -2.45. The van der Waals surface area contributed by atoms with Gasteiger partial charge in [0.15, 0.2) is 0 Å². The van der Waals surface area contributed by atoms with Crippen LogP contribution in [0.25, 0.3) is 0 Å². The van der Waals surface area contributed by atoms with E-state index in [2.05, 4.69) is 35.6 Å². The molecule has 0 saturated carbocycles. The van der Waals surface area contributed by atoms with Gasteiger partial charge in [0, 0.05) is 43.5 Å². The molecule has 0 atom stereocenters. The number of amides is 2. The largest absolute Gasteiger partial charge is 0.369 e. The van der Waals surface area contributed by atoms with Crippen molar-refractivity contribution in [1.82, 2.24) is 14.3 Å². The van der Waals surface area contributed by atoms with Gasteiger partial charge in [-0.15, -0.1) is 0 Å². The Morgan fingerprint density at radius 1 is 1.06 bits per heavy atom. The first-order valence-electron chi connectivity index (χ1n) is 11.2. The number of aryl methyl sites for hydroxylation is 1. The molecule has 0 radical (unpaired) electrons. The molecular formula is C25H29N5O2S. The van der Waals surface area contributed by atoms with Crippen LogP contribution in [0.5, 0.6) is 0 Å². The number of hydrogen-bond acceptors (Lipinski definition) is 6. The summed E-state index contributed by atoms with van der Waals surface area (Å²) in [4.78, 5) is 33.1. The molecule has 1 saturated heterocycles. The molecule has 1 aromatic heterocycles. The first kappa shape index (κ1) is 22.9. The van der Waals surface area contributed by atoms with Crippen molar-refractivity contribution in [2.75, 3.05) is 24.5 Å². The van der Waals surface area contributed by atoms with Crippen LogP contribution in [0.1, 0.15) is 35.4 Å². The average Bonchev–Trinajstić information content (AvgIpc) is 3.29. The standard InChI is InChI=1S/C25H29N5O2S/c1-18-7-9-19(10-8-18)15-22-27-25(33-28-22)30(16-20-5-3-2-4-6-20)17-23(31)29-13-11-21(12-14-29)24(26)32/h2-10,21H,11-17H2,1H3,(H2,26,32). The molecule has 7 nitrogen and oxygen atoms in total. The monoisotopic (exact) mass is 463 g/mol. The van der Waals surface area contributed by atoms with Crippen LogP contribution in [0.4, 0.5) is 5.13 Å². The number of carbonyl (C=O) groups excluding carboxylic acids is 2. The van der Waals surface area contributed by atoms with E-state index in [4.69, 9.17) is 10.7 Å². The fourth-order valence-electron chi connectivity index (χ4n) is 4.01. The Morgan fingerprint density at radius 3 is 2.42 bits per heavy atom. The van der Waals surface area contributed by atoms with E-state index in [1.807, 2.05) is 40.1 Å². The third-order valence-corrected chi connectivity index (χ3v) is 6.82. The number of primary amides is 1. The SMILES string of the molecule is Cc1ccc(Cc2nsc(N(CC(=O)N3CCC(C(N)=O)CC3)Cc3ccccc3)n2)cc1. The number of benzene rings is 2. The van der Waals surface area contributed by atoms with E-state index in [-0.39, 0.29) is 24.3 Å². The van der Waals surface area contributed by atoms with E-state index in [0.717, 1.165) is 22.1 Å². The zero-order valence-electron chi connectivity index (χ0n) is 18.8. The highest BCUT2D eigenvalue weighted by molar-refractivity contribution is 7.09. The summed E-state index contributed by atoms with van der Waals surface area (Å²) in [5, 5.41) is 0.737. The van der Waals surface area contributed by atoms with Crippen molar-refractivity contribution >= 4 is 28.5 Å². The van der Waals surface area contributed by atoms with E-state index in [1.165, 1.54) is 17.1 Å². The van der Waals surface area contributed by atoms with Gasteiger partial charge in [0.25, 0.3) is 0 Å². The third-order valence-electron chi connectivity index (χ3n) is 6.00. The number of aromatic nitrogens is 2. The smallest absolute Gasteiger partial charge is 0.242 e. The molecule has 2 amide bonds. The van der Waals surface area contributed by atoms with Gasteiger partial charge >= 0.3 is 0 Å². The average molecular weight is 464 g/mol. The van der Waals surface area contributed by atoms with Crippen molar-refractivity contribution in [1.29, 1.82) is 0 Å². The Hall–Kier alpha value is -3.26. The van der Waals surface area contributed by atoms with E-state index >= 15 is 0 Å². The molecule has 4 rings (SSSR count). The number of nitrogens with zero attached hydrogens (tertiary/aromatic N) is 4. The number of nitrogens with two attached hydrogens (primary N) is 1. The second kappa shape index (κ2) is 10.6. The summed E-state index contributed by atoms with van der Waals surface area (Å²) >= 11 is 1.33. The topological polar surface area (TPSA) is 92.4 Å². The van der Waals surface area contributed by atoms with Crippen LogP contribution < -0.4 is 10.6 Å². The van der Waals surface area contributed by atoms with Gasteiger partial charge in [-0.2, -0.15) is 4.37 Å². The number of rotatable bonds is 8. The highest BCUT2D eigenvalue weighted by atomic mass is 32.1. The Morgan fingerprint density at radius 2 is 1.76 bits per heavy atom. The molecule has 1 fully saturated rings. The van der Waals surface area contributed by atoms with Gasteiger partial charge in [0.1, 0.15) is 5.82 Å². The van der Waals surface area contributed by atoms with Crippen LogP contribution in [0.2, 0.25) is 0 Å². The van der Waals surface area contributed by atoms with Gasteiger partial charge in [-0.25, -0.2) is 4.98 Å². The van der Waals surface area contributed by atoms with Crippen LogP contribution in [0.3, 0.4) is 0 Å². The summed E-state index contributed by atoms with van der Waals surface area (Å²) in [6.45, 7) is 3.97. The second-order valence-electron chi connectivity index (χ2n) is 8.55. The molecule has 1 aliphatic rings. The minimum Gasteiger partial charge on any atom is -0.369 e. The summed E-state index contributed by atoms with van der Waals surface area (Å²) in [7, 11) is 0. The number of carbonyl (C=O) groups is 2. The summed E-state index contributed by atoms with van der Waals surface area (Å²) in [6.07, 6.45) is 1.91. The van der Waals surface area contributed by atoms with Crippen molar-refractivity contribution < 1.29 is 9.59 Å². The summed E-state index contributed by atoms with van der Waals surface area (Å²) in [5.74, 6) is 0.375. The maximum absolute atomic E-state index is 13.1. The summed E-state index contributed by atoms with van der Waals surface area (Å²) in [5.41, 5.74) is 8.92. The predicted octanol–water partition coefficient (Wildman–Crippen LogP) is 3.17. The Balaban J connectivity index is 1.47. The van der Waals surface area contributed by atoms with Gasteiger partial charge in [-0.1, -0.05) is 60.2 Å². The normalized spacial score (nSPS) is 14.3. The van der Waals surface area contributed by atoms with E-state index in [9.17, 15) is 9.59 Å². The Bertz CT molecular complexity index is 1080. The fraction of sp³-hybridized carbons (Fsp3) is 0.360. The van der Waals surface area contributed by atoms with Crippen LogP contribution in [0.15, 0.2) is 54.6 Å². The van der Waals surface area contributed by atoms with Gasteiger partial charge in [0.2, 0.25) is 16.9 Å². The zero-order chi connectivity index (χ0) is 23.2. The second-order valence-corrected chi connectivity index (χ2v) is 9.28. The number of likely N-dealkylation sites (tertiary alicyclic amines) is 1. The van der Waals surface area contributed by atoms with Gasteiger partial charge in [-0.05, 0) is 30.9 Å². The van der Waals surface area contributed by atoms with Gasteiger partial charge in [-0.3, -0.25) is 9.59 Å². The first-order chi connectivity index (χ1) is 16.0. The van der Waals surface area contributed by atoms with Crippen molar-refractivity contribution in [3.8, 4) is 0 Å². The van der Waals surface area contributed by atoms with Gasteiger partial charge in [0.05, 0.1) is 6.54 Å². The van der Waals surface area contributed by atoms with Crippen molar-refractivity contribution in [3.63, 3.8) is 0 Å². The van der Waals surface area contributed by atoms with Gasteiger partial charge < -0.3 is 15.5 Å². The predicted molar refractivity (Wildman–Crippen MR) is 130 cm³/mol. The molecular weight excluding hydrogens is 434 g/mol. The van der Waals surface area contributed by atoms with Crippen LogP contribution >= 0.6 is 11.5 Å². The van der Waals surface area contributed by atoms with E-state index in [0.29, 0.717) is 38.9 Å². The Kier molecular flexibility index (Phi) is 7.34. The van der Waals surface area contributed by atoms with Crippen LogP contribution in [-0.4, -0.2) is 45.7 Å². The fourth-order valence-corrected chi connectivity index (χ4v) is 4.69. The lowest BCUT2D eigenvalue weighted by molar-refractivity contribution is -0.133. The molecule has 1 aliphatic heterocycles. The third kappa shape index (κ3) is 6.16. The highest BCUT2D eigenvalue weighted by Crippen LogP contribution is 2.23. The molecule has 33 heavy (non-hydrogen) atoms. The maximum Gasteiger partial charge on any atom is 0.242 e. The number of hydrogen-bond donors (Lipinski definition) is 1. The van der Waals surface area contributed by atoms with Crippen LogP contribution in [-0.2, 0) is 22.6 Å². The molecule has 2 N–H and O–H groups in total. The molecule has 3 aromatic rings. The van der Waals surface area contributed by atoms with Crippen molar-refractivity contribution in [2.24, 2.45) is 11.7 Å². The minimum atomic E-state index is -0.275. The van der Waals surface area contributed by atoms with E-state index in [1.54, 1.807) is 0 Å². The quantitative estimate of drug-likeness (QED) is 0.554.